The lowest BCUT2D eigenvalue weighted by molar-refractivity contribution is 0.0601. The first-order chi connectivity index (χ1) is 4.81. The van der Waals surface area contributed by atoms with Crippen molar-refractivity contribution in [2.24, 2.45) is 11.1 Å². The topological polar surface area (TPSA) is 80.4 Å². The molecular weight excluding hydrogens is 166 g/mol. The van der Waals surface area contributed by atoms with E-state index in [-0.39, 0.29) is 11.7 Å². The van der Waals surface area contributed by atoms with E-state index in [2.05, 4.69) is 0 Å². The van der Waals surface area contributed by atoms with Crippen LogP contribution in [0.1, 0.15) is 19.8 Å². The smallest absolute Gasteiger partial charge is 0.211 e. The van der Waals surface area contributed by atoms with Gasteiger partial charge in [0.05, 0.1) is 11.4 Å². The molecule has 0 saturated heterocycles. The minimum atomic E-state index is -3.54. The van der Waals surface area contributed by atoms with Gasteiger partial charge in [0.25, 0.3) is 0 Å². The summed E-state index contributed by atoms with van der Waals surface area (Å²) in [5.74, 6) is -0.203. The largest absolute Gasteiger partial charge is 0.389 e. The Kier molecular flexibility index (Phi) is 1.98. The van der Waals surface area contributed by atoms with Crippen LogP contribution in [0.3, 0.4) is 0 Å². The van der Waals surface area contributed by atoms with Crippen LogP contribution >= 0.6 is 0 Å². The molecule has 1 saturated carbocycles. The molecule has 0 radical (unpaired) electrons. The molecule has 0 aromatic heterocycles. The fourth-order valence-corrected chi connectivity index (χ4v) is 2.28. The Balaban J connectivity index is 2.59. The molecule has 0 aromatic rings. The monoisotopic (exact) mass is 179 g/mol. The molecule has 1 fully saturated rings. The molecule has 1 aliphatic carbocycles. The molecule has 0 bridgehead atoms. The van der Waals surface area contributed by atoms with Crippen LogP contribution in [0, 0.1) is 5.92 Å². The lowest BCUT2D eigenvalue weighted by atomic mass is 10.0. The first-order valence-corrected chi connectivity index (χ1v) is 5.26. The summed E-state index contributed by atoms with van der Waals surface area (Å²) in [5, 5.41) is 14.3. The van der Waals surface area contributed by atoms with E-state index in [0.717, 1.165) is 12.8 Å². The summed E-state index contributed by atoms with van der Waals surface area (Å²) in [6, 6.07) is 0. The molecule has 1 aliphatic rings. The average Bonchev–Trinajstić information content (AvgIpc) is 2.30. The lowest BCUT2D eigenvalue weighted by Crippen LogP contribution is -2.38. The van der Waals surface area contributed by atoms with Crippen molar-refractivity contribution in [3.8, 4) is 0 Å². The van der Waals surface area contributed by atoms with Crippen LogP contribution in [0.25, 0.3) is 0 Å². The van der Waals surface area contributed by atoms with Gasteiger partial charge in [0.1, 0.15) is 0 Å². The van der Waals surface area contributed by atoms with Crippen molar-refractivity contribution >= 4 is 10.0 Å². The summed E-state index contributed by atoms with van der Waals surface area (Å²) in [6.45, 7) is 1.52. The first kappa shape index (κ1) is 8.96. The summed E-state index contributed by atoms with van der Waals surface area (Å²) >= 11 is 0. The predicted molar refractivity (Wildman–Crippen MR) is 41.3 cm³/mol. The molecule has 0 spiro atoms. The molecule has 0 amide bonds. The molecule has 0 aromatic carbocycles. The standard InChI is InChI=1S/C6H13NO3S/c1-6(8,5-2-3-5)4-11(7,9)10/h5,8H,2-4H2,1H3,(H2,7,9,10). The Morgan fingerprint density at radius 2 is 2.09 bits per heavy atom. The molecule has 5 heteroatoms. The Labute approximate surface area is 66.5 Å². The van der Waals surface area contributed by atoms with Crippen molar-refractivity contribution in [1.29, 1.82) is 0 Å². The summed E-state index contributed by atoms with van der Waals surface area (Å²) in [7, 11) is -3.54. The van der Waals surface area contributed by atoms with Crippen molar-refractivity contribution in [2.75, 3.05) is 5.75 Å². The molecule has 4 nitrogen and oxygen atoms in total. The minimum absolute atomic E-state index is 0.126. The second-order valence-corrected chi connectivity index (χ2v) is 5.05. The molecule has 0 aliphatic heterocycles. The molecule has 1 unspecified atom stereocenters. The number of hydrogen-bond donors (Lipinski definition) is 2. The summed E-state index contributed by atoms with van der Waals surface area (Å²) in [6.07, 6.45) is 1.81. The first-order valence-electron chi connectivity index (χ1n) is 3.54. The normalized spacial score (nSPS) is 24.6. The zero-order chi connectivity index (χ0) is 8.70. The average molecular weight is 179 g/mol. The summed E-state index contributed by atoms with van der Waals surface area (Å²) in [4.78, 5) is 0. The van der Waals surface area contributed by atoms with Gasteiger partial charge in [0.15, 0.2) is 0 Å². The molecule has 11 heavy (non-hydrogen) atoms. The molecule has 66 valence electrons. The van der Waals surface area contributed by atoms with E-state index < -0.39 is 15.6 Å². The van der Waals surface area contributed by atoms with Crippen LogP contribution in [0.15, 0.2) is 0 Å². The van der Waals surface area contributed by atoms with E-state index >= 15 is 0 Å². The Morgan fingerprint density at radius 3 is 2.36 bits per heavy atom. The maximum atomic E-state index is 10.6. The van der Waals surface area contributed by atoms with Crippen LogP contribution in [0.4, 0.5) is 0 Å². The molecule has 1 atom stereocenters. The van der Waals surface area contributed by atoms with Gasteiger partial charge < -0.3 is 5.11 Å². The Hall–Kier alpha value is -0.130. The van der Waals surface area contributed by atoms with Crippen LogP contribution < -0.4 is 5.14 Å². The molecule has 1 rings (SSSR count). The highest BCUT2D eigenvalue weighted by Crippen LogP contribution is 2.39. The van der Waals surface area contributed by atoms with Crippen molar-refractivity contribution in [3.05, 3.63) is 0 Å². The van der Waals surface area contributed by atoms with Crippen molar-refractivity contribution < 1.29 is 13.5 Å². The third-order valence-corrected chi connectivity index (χ3v) is 2.94. The highest BCUT2D eigenvalue weighted by atomic mass is 32.2. The van der Waals surface area contributed by atoms with E-state index in [1.54, 1.807) is 0 Å². The van der Waals surface area contributed by atoms with Gasteiger partial charge in [-0.15, -0.1) is 0 Å². The minimum Gasteiger partial charge on any atom is -0.389 e. The number of aliphatic hydroxyl groups is 1. The van der Waals surface area contributed by atoms with Crippen LogP contribution in [-0.2, 0) is 10.0 Å². The van der Waals surface area contributed by atoms with Gasteiger partial charge in [-0.3, -0.25) is 0 Å². The summed E-state index contributed by atoms with van der Waals surface area (Å²) in [5.41, 5.74) is -1.12. The lowest BCUT2D eigenvalue weighted by Gasteiger charge is -2.20. The molecular formula is C6H13NO3S. The third kappa shape index (κ3) is 2.76. The third-order valence-electron chi connectivity index (χ3n) is 1.95. The maximum absolute atomic E-state index is 10.6. The highest BCUT2D eigenvalue weighted by Gasteiger charge is 2.42. The van der Waals surface area contributed by atoms with Gasteiger partial charge in [0, 0.05) is 0 Å². The van der Waals surface area contributed by atoms with Gasteiger partial charge in [-0.25, -0.2) is 13.6 Å². The van der Waals surface area contributed by atoms with Gasteiger partial charge >= 0.3 is 0 Å². The molecule has 0 heterocycles. The van der Waals surface area contributed by atoms with E-state index in [4.69, 9.17) is 5.14 Å². The maximum Gasteiger partial charge on any atom is 0.211 e. The quantitative estimate of drug-likeness (QED) is 0.609. The number of nitrogens with two attached hydrogens (primary N) is 1. The number of hydrogen-bond acceptors (Lipinski definition) is 3. The van der Waals surface area contributed by atoms with Gasteiger partial charge in [-0.1, -0.05) is 0 Å². The fourth-order valence-electron chi connectivity index (χ4n) is 1.23. The zero-order valence-electron chi connectivity index (χ0n) is 6.45. The van der Waals surface area contributed by atoms with Crippen LogP contribution in [0.2, 0.25) is 0 Å². The van der Waals surface area contributed by atoms with E-state index in [0.29, 0.717) is 0 Å². The number of primary sulfonamides is 1. The van der Waals surface area contributed by atoms with Gasteiger partial charge in [-0.05, 0) is 25.7 Å². The number of sulfonamides is 1. The van der Waals surface area contributed by atoms with E-state index in [1.165, 1.54) is 6.92 Å². The van der Waals surface area contributed by atoms with Crippen LogP contribution in [-0.4, -0.2) is 24.9 Å². The second kappa shape index (κ2) is 2.43. The Bertz CT molecular complexity index is 241. The van der Waals surface area contributed by atoms with Crippen molar-refractivity contribution in [1.82, 2.24) is 0 Å². The van der Waals surface area contributed by atoms with E-state index in [1.807, 2.05) is 0 Å². The van der Waals surface area contributed by atoms with Crippen molar-refractivity contribution in [3.63, 3.8) is 0 Å². The van der Waals surface area contributed by atoms with Gasteiger partial charge in [0.2, 0.25) is 10.0 Å². The predicted octanol–water partition coefficient (Wildman–Crippen LogP) is -0.564. The van der Waals surface area contributed by atoms with E-state index in [9.17, 15) is 13.5 Å². The fraction of sp³-hybridized carbons (Fsp3) is 1.00. The number of rotatable bonds is 3. The second-order valence-electron chi connectivity index (χ2n) is 3.44. The highest BCUT2D eigenvalue weighted by molar-refractivity contribution is 7.89. The Morgan fingerprint density at radius 1 is 1.64 bits per heavy atom. The summed E-state index contributed by atoms with van der Waals surface area (Å²) < 4.78 is 21.2. The van der Waals surface area contributed by atoms with Crippen LogP contribution in [0.5, 0.6) is 0 Å². The molecule has 3 N–H and O–H groups in total. The SMILES string of the molecule is CC(O)(CS(N)(=O)=O)C1CC1. The van der Waals surface area contributed by atoms with Gasteiger partial charge in [-0.2, -0.15) is 0 Å². The van der Waals surface area contributed by atoms with Crippen molar-refractivity contribution in [2.45, 2.75) is 25.4 Å². The zero-order valence-corrected chi connectivity index (χ0v) is 7.26.